The molecule has 0 aromatic heterocycles. The Labute approximate surface area is 129 Å². The molecular weight excluding hydrogens is 291 g/mol. The van der Waals surface area contributed by atoms with Crippen molar-refractivity contribution in [3.8, 4) is 0 Å². The summed E-state index contributed by atoms with van der Waals surface area (Å²) in [5.74, 6) is 0. The quantitative estimate of drug-likeness (QED) is 0.586. The molecule has 0 nitrogen and oxygen atoms in total. The fourth-order valence-electron chi connectivity index (χ4n) is 1.94. The fraction of sp³-hybridized carbons (Fsp3) is 0.294. The Hall–Kier alpha value is -0.696. The highest BCUT2D eigenvalue weighted by Crippen LogP contribution is 2.36. The number of aryl methyl sites for hydroxylation is 2. The van der Waals surface area contributed by atoms with Gasteiger partial charge in [-0.15, -0.1) is 7.02 Å². The van der Waals surface area contributed by atoms with Gasteiger partial charge in [0.05, 0.1) is 0 Å². The Balaban J connectivity index is 2.16. The predicted octanol–water partition coefficient (Wildman–Crippen LogP) is 3.38. The molecule has 0 fully saturated rings. The first kappa shape index (κ1) is 15.7. The molecule has 0 aliphatic rings. The minimum absolute atomic E-state index is 0.0509. The van der Waals surface area contributed by atoms with Crippen molar-refractivity contribution in [3.05, 3.63) is 59.7 Å². The SMILES string of the molecule is Cc1ccccc1[Si]P([Si]c1ccccc1C)C(C)C. The highest BCUT2D eigenvalue weighted by atomic mass is 31.6. The molecule has 0 aliphatic heterocycles. The molecule has 2 rings (SSSR count). The molecule has 0 bridgehead atoms. The lowest BCUT2D eigenvalue weighted by atomic mass is 10.2. The van der Waals surface area contributed by atoms with Crippen LogP contribution in [0.2, 0.25) is 0 Å². The summed E-state index contributed by atoms with van der Waals surface area (Å²) in [6, 6.07) is 17.8. The van der Waals surface area contributed by atoms with E-state index in [0.29, 0.717) is 0 Å². The average molecular weight is 313 g/mol. The molecule has 0 atom stereocenters. The number of benzene rings is 2. The van der Waals surface area contributed by atoms with Crippen LogP contribution in [0.25, 0.3) is 0 Å². The van der Waals surface area contributed by atoms with Crippen LogP contribution in [-0.4, -0.2) is 24.0 Å². The third kappa shape index (κ3) is 4.15. The second kappa shape index (κ2) is 7.35. The minimum atomic E-state index is 0.0509. The molecule has 0 spiro atoms. The van der Waals surface area contributed by atoms with Gasteiger partial charge in [0.2, 0.25) is 0 Å². The maximum absolute atomic E-state index is 2.39. The first-order valence-electron chi connectivity index (χ1n) is 7.01. The lowest BCUT2D eigenvalue weighted by Gasteiger charge is -2.22. The van der Waals surface area contributed by atoms with Gasteiger partial charge in [0.25, 0.3) is 0 Å². The van der Waals surface area contributed by atoms with Crippen LogP contribution in [0.15, 0.2) is 48.5 Å². The van der Waals surface area contributed by atoms with E-state index in [-0.39, 0.29) is 7.02 Å². The second-order valence-electron chi connectivity index (χ2n) is 5.32. The Morgan fingerprint density at radius 3 is 1.50 bits per heavy atom. The van der Waals surface area contributed by atoms with Crippen molar-refractivity contribution in [3.63, 3.8) is 0 Å². The van der Waals surface area contributed by atoms with Crippen molar-refractivity contribution < 1.29 is 0 Å². The van der Waals surface area contributed by atoms with Gasteiger partial charge in [0.15, 0.2) is 0 Å². The third-order valence-corrected chi connectivity index (χ3v) is 14.4. The van der Waals surface area contributed by atoms with Gasteiger partial charge in [-0.1, -0.05) is 83.9 Å². The van der Waals surface area contributed by atoms with Crippen molar-refractivity contribution >= 4 is 35.8 Å². The molecule has 20 heavy (non-hydrogen) atoms. The zero-order valence-electron chi connectivity index (χ0n) is 12.6. The van der Waals surface area contributed by atoms with Crippen LogP contribution in [-0.2, 0) is 0 Å². The Morgan fingerprint density at radius 2 is 1.15 bits per heavy atom. The van der Waals surface area contributed by atoms with E-state index in [0.717, 1.165) is 24.0 Å². The molecule has 0 saturated carbocycles. The van der Waals surface area contributed by atoms with Gasteiger partial charge in [-0.2, -0.15) is 0 Å². The number of hydrogen-bond acceptors (Lipinski definition) is 0. The summed E-state index contributed by atoms with van der Waals surface area (Å²) < 4.78 is 0. The molecule has 0 N–H and O–H groups in total. The lowest BCUT2D eigenvalue weighted by molar-refractivity contribution is 1.11. The Bertz CT molecular complexity index is 519. The smallest absolute Gasteiger partial charge is 0.112 e. The molecule has 2 aromatic carbocycles. The fourth-order valence-corrected chi connectivity index (χ4v) is 11.3. The molecule has 102 valence electrons. The maximum Gasteiger partial charge on any atom is 0.112 e. The summed E-state index contributed by atoms with van der Waals surface area (Å²) in [7, 11) is 2.00. The highest BCUT2D eigenvalue weighted by Gasteiger charge is 2.17. The van der Waals surface area contributed by atoms with Crippen LogP contribution >= 0.6 is 7.02 Å². The van der Waals surface area contributed by atoms with E-state index < -0.39 is 0 Å². The van der Waals surface area contributed by atoms with E-state index in [2.05, 4.69) is 76.2 Å². The average Bonchev–Trinajstić information content (AvgIpc) is 2.42. The van der Waals surface area contributed by atoms with Crippen molar-refractivity contribution in [1.82, 2.24) is 0 Å². The van der Waals surface area contributed by atoms with E-state index in [1.807, 2.05) is 0 Å². The molecular formula is C17H21PSi2. The van der Waals surface area contributed by atoms with Gasteiger partial charge >= 0.3 is 0 Å². The van der Waals surface area contributed by atoms with E-state index >= 15 is 0 Å². The van der Waals surface area contributed by atoms with Gasteiger partial charge in [0.1, 0.15) is 18.4 Å². The van der Waals surface area contributed by atoms with Crippen molar-refractivity contribution in [2.75, 3.05) is 0 Å². The van der Waals surface area contributed by atoms with Gasteiger partial charge < -0.3 is 0 Å². The van der Waals surface area contributed by atoms with Crippen molar-refractivity contribution in [2.45, 2.75) is 33.4 Å². The van der Waals surface area contributed by atoms with Crippen LogP contribution in [0.1, 0.15) is 25.0 Å². The highest BCUT2D eigenvalue weighted by molar-refractivity contribution is 8.09. The van der Waals surface area contributed by atoms with Gasteiger partial charge in [-0.05, 0) is 19.5 Å². The van der Waals surface area contributed by atoms with E-state index in [9.17, 15) is 0 Å². The van der Waals surface area contributed by atoms with Crippen LogP contribution in [0, 0.1) is 13.8 Å². The Morgan fingerprint density at radius 1 is 0.750 bits per heavy atom. The van der Waals surface area contributed by atoms with Gasteiger partial charge in [0, 0.05) is 0 Å². The molecule has 3 heteroatoms. The van der Waals surface area contributed by atoms with E-state index in [1.165, 1.54) is 11.1 Å². The van der Waals surface area contributed by atoms with Crippen LogP contribution in [0.3, 0.4) is 0 Å². The first-order valence-corrected chi connectivity index (χ1v) is 12.1. The summed E-state index contributed by atoms with van der Waals surface area (Å²) in [6.45, 7) is 9.27. The number of hydrogen-bond donors (Lipinski definition) is 0. The molecule has 0 amide bonds. The monoisotopic (exact) mass is 312 g/mol. The van der Waals surface area contributed by atoms with Crippen LogP contribution in [0.5, 0.6) is 0 Å². The zero-order chi connectivity index (χ0) is 14.5. The largest absolute Gasteiger partial charge is 0.124 e. The van der Waals surface area contributed by atoms with Gasteiger partial charge in [-0.25, -0.2) is 0 Å². The first-order chi connectivity index (χ1) is 9.58. The standard InChI is InChI=1S/C17H21PSi2/c1-13(2)18(19-16-11-7-5-9-14(16)3)20-17-12-8-6-10-15(17)4/h5-13H,1-4H3. The van der Waals surface area contributed by atoms with Crippen LogP contribution < -0.4 is 10.4 Å². The maximum atomic E-state index is 2.39. The Kier molecular flexibility index (Phi) is 5.77. The predicted molar refractivity (Wildman–Crippen MR) is 95.2 cm³/mol. The topological polar surface area (TPSA) is 0 Å². The molecule has 0 aliphatic carbocycles. The third-order valence-electron chi connectivity index (χ3n) is 3.29. The minimum Gasteiger partial charge on any atom is -0.124 e. The van der Waals surface area contributed by atoms with Crippen LogP contribution in [0.4, 0.5) is 0 Å². The summed E-state index contributed by atoms with van der Waals surface area (Å²) in [4.78, 5) is 0. The normalized spacial score (nSPS) is 11.3. The summed E-state index contributed by atoms with van der Waals surface area (Å²) in [5, 5.41) is 3.13. The van der Waals surface area contributed by atoms with Gasteiger partial charge in [-0.3, -0.25) is 0 Å². The molecule has 4 radical (unpaired) electrons. The summed E-state index contributed by atoms with van der Waals surface area (Å²) >= 11 is 0. The molecule has 0 unspecified atom stereocenters. The second-order valence-corrected chi connectivity index (χ2v) is 14.2. The molecule has 0 saturated heterocycles. The summed E-state index contributed by atoms with van der Waals surface area (Å²) in [5.41, 5.74) is 3.70. The number of rotatable bonds is 5. The lowest BCUT2D eigenvalue weighted by Crippen LogP contribution is -2.26. The summed E-state index contributed by atoms with van der Waals surface area (Å²) in [6.07, 6.45) is 0. The van der Waals surface area contributed by atoms with E-state index in [1.54, 1.807) is 10.4 Å². The zero-order valence-corrected chi connectivity index (χ0v) is 15.5. The van der Waals surface area contributed by atoms with Crippen molar-refractivity contribution in [2.24, 2.45) is 0 Å². The molecule has 2 aromatic rings. The molecule has 0 heterocycles. The van der Waals surface area contributed by atoms with Crippen molar-refractivity contribution in [1.29, 1.82) is 0 Å². The van der Waals surface area contributed by atoms with E-state index in [4.69, 9.17) is 0 Å².